The first-order chi connectivity index (χ1) is 7.16. The minimum Gasteiger partial charge on any atom is -0.368 e. The van der Waals surface area contributed by atoms with Gasteiger partial charge in [0.05, 0.1) is 5.02 Å². The zero-order valence-corrected chi connectivity index (χ0v) is 8.24. The van der Waals surface area contributed by atoms with Crippen LogP contribution in [0.3, 0.4) is 0 Å². The molecule has 15 heavy (non-hydrogen) atoms. The molecule has 0 aromatic carbocycles. The molecule has 6 heteroatoms. The average molecular weight is 225 g/mol. The molecular weight excluding hydrogens is 219 g/mol. The van der Waals surface area contributed by atoms with Gasteiger partial charge in [0.1, 0.15) is 5.69 Å². The Balaban J connectivity index is 2.49. The quantitative estimate of drug-likeness (QED) is 0.804. The standard InChI is InChI=1S/C9H6ClFN4/c10-6-1-7(11)8(13-4-6)5-2-14-9(12)15-3-5/h1-4H,(H2,12,14,15). The molecule has 0 bridgehead atoms. The highest BCUT2D eigenvalue weighted by atomic mass is 35.5. The summed E-state index contributed by atoms with van der Waals surface area (Å²) in [5.41, 5.74) is 5.92. The van der Waals surface area contributed by atoms with Crippen molar-refractivity contribution in [2.75, 3.05) is 5.73 Å². The third-order valence-corrected chi connectivity index (χ3v) is 1.96. The summed E-state index contributed by atoms with van der Waals surface area (Å²) in [6.07, 6.45) is 4.17. The van der Waals surface area contributed by atoms with Crippen molar-refractivity contribution in [1.82, 2.24) is 15.0 Å². The van der Waals surface area contributed by atoms with Crippen molar-refractivity contribution >= 4 is 17.5 Å². The number of aromatic nitrogens is 3. The summed E-state index contributed by atoms with van der Waals surface area (Å²) >= 11 is 5.58. The molecule has 0 aliphatic rings. The van der Waals surface area contributed by atoms with Gasteiger partial charge in [0.15, 0.2) is 5.82 Å². The summed E-state index contributed by atoms with van der Waals surface area (Å²) < 4.78 is 13.4. The van der Waals surface area contributed by atoms with Gasteiger partial charge in [-0.05, 0) is 6.07 Å². The maximum absolute atomic E-state index is 13.4. The van der Waals surface area contributed by atoms with Crippen molar-refractivity contribution in [3.8, 4) is 11.3 Å². The van der Waals surface area contributed by atoms with Crippen LogP contribution in [0.15, 0.2) is 24.7 Å². The van der Waals surface area contributed by atoms with Crippen molar-refractivity contribution < 1.29 is 4.39 Å². The molecule has 2 N–H and O–H groups in total. The highest BCUT2D eigenvalue weighted by Gasteiger charge is 2.07. The van der Waals surface area contributed by atoms with E-state index in [0.29, 0.717) is 5.56 Å². The molecule has 0 atom stereocenters. The number of pyridine rings is 1. The molecule has 0 radical (unpaired) electrons. The molecule has 2 aromatic heterocycles. The number of anilines is 1. The smallest absolute Gasteiger partial charge is 0.219 e. The number of nitrogens with two attached hydrogens (primary N) is 1. The van der Waals surface area contributed by atoms with Gasteiger partial charge in [0.2, 0.25) is 5.95 Å². The van der Waals surface area contributed by atoms with Crippen LogP contribution in [-0.4, -0.2) is 15.0 Å². The molecule has 0 unspecified atom stereocenters. The average Bonchev–Trinajstić information content (AvgIpc) is 2.20. The summed E-state index contributed by atoms with van der Waals surface area (Å²) in [6, 6.07) is 1.18. The molecule has 2 heterocycles. The highest BCUT2D eigenvalue weighted by molar-refractivity contribution is 6.30. The van der Waals surface area contributed by atoms with Gasteiger partial charge >= 0.3 is 0 Å². The van der Waals surface area contributed by atoms with E-state index in [0.717, 1.165) is 0 Å². The first kappa shape index (κ1) is 9.79. The van der Waals surface area contributed by atoms with E-state index < -0.39 is 5.82 Å². The highest BCUT2D eigenvalue weighted by Crippen LogP contribution is 2.21. The summed E-state index contributed by atoms with van der Waals surface area (Å²) in [4.78, 5) is 11.3. The van der Waals surface area contributed by atoms with Crippen LogP contribution in [0, 0.1) is 5.82 Å². The van der Waals surface area contributed by atoms with Crippen LogP contribution in [0.4, 0.5) is 10.3 Å². The van der Waals surface area contributed by atoms with E-state index in [1.54, 1.807) is 0 Å². The molecule has 0 aliphatic carbocycles. The molecule has 4 nitrogen and oxygen atoms in total. The summed E-state index contributed by atoms with van der Waals surface area (Å²) in [7, 11) is 0. The topological polar surface area (TPSA) is 64.7 Å². The van der Waals surface area contributed by atoms with Gasteiger partial charge in [-0.1, -0.05) is 11.6 Å². The first-order valence-electron chi connectivity index (χ1n) is 4.06. The van der Waals surface area contributed by atoms with Crippen molar-refractivity contribution in [3.63, 3.8) is 0 Å². The third kappa shape index (κ3) is 2.02. The molecule has 0 saturated carbocycles. The second-order valence-corrected chi connectivity index (χ2v) is 3.25. The lowest BCUT2D eigenvalue weighted by molar-refractivity contribution is 0.625. The first-order valence-corrected chi connectivity index (χ1v) is 4.43. The zero-order valence-electron chi connectivity index (χ0n) is 7.48. The van der Waals surface area contributed by atoms with E-state index in [9.17, 15) is 4.39 Å². The van der Waals surface area contributed by atoms with Crippen LogP contribution in [-0.2, 0) is 0 Å². The SMILES string of the molecule is Nc1ncc(-c2ncc(Cl)cc2F)cn1. The van der Waals surface area contributed by atoms with Crippen LogP contribution in [0.5, 0.6) is 0 Å². The number of nitrogens with zero attached hydrogens (tertiary/aromatic N) is 3. The maximum Gasteiger partial charge on any atom is 0.219 e. The molecular formula is C9H6ClFN4. The largest absolute Gasteiger partial charge is 0.368 e. The predicted octanol–water partition coefficient (Wildman–Crippen LogP) is 1.91. The lowest BCUT2D eigenvalue weighted by Gasteiger charge is -2.01. The Hall–Kier alpha value is -1.75. The number of hydrogen-bond donors (Lipinski definition) is 1. The van der Waals surface area contributed by atoms with Gasteiger partial charge in [0, 0.05) is 24.2 Å². The Labute approximate surface area is 90.0 Å². The van der Waals surface area contributed by atoms with Gasteiger partial charge in [-0.15, -0.1) is 0 Å². The van der Waals surface area contributed by atoms with E-state index in [-0.39, 0.29) is 16.7 Å². The van der Waals surface area contributed by atoms with Gasteiger partial charge in [-0.2, -0.15) is 0 Å². The van der Waals surface area contributed by atoms with Gasteiger partial charge in [0.25, 0.3) is 0 Å². The minimum atomic E-state index is -0.518. The van der Waals surface area contributed by atoms with E-state index in [1.807, 2.05) is 0 Å². The van der Waals surface area contributed by atoms with Crippen LogP contribution in [0.1, 0.15) is 0 Å². The van der Waals surface area contributed by atoms with E-state index in [2.05, 4.69) is 15.0 Å². The van der Waals surface area contributed by atoms with Crippen molar-refractivity contribution in [1.29, 1.82) is 0 Å². The monoisotopic (exact) mass is 224 g/mol. The fourth-order valence-corrected chi connectivity index (χ4v) is 1.23. The molecule has 2 aromatic rings. The Morgan fingerprint density at radius 1 is 1.13 bits per heavy atom. The van der Waals surface area contributed by atoms with Crippen molar-refractivity contribution in [2.24, 2.45) is 0 Å². The van der Waals surface area contributed by atoms with Gasteiger partial charge in [-0.3, -0.25) is 4.98 Å². The Bertz CT molecular complexity index is 486. The molecule has 76 valence electrons. The fraction of sp³-hybridized carbons (Fsp3) is 0. The van der Waals surface area contributed by atoms with Crippen LogP contribution in [0.25, 0.3) is 11.3 Å². The Morgan fingerprint density at radius 2 is 1.80 bits per heavy atom. The van der Waals surface area contributed by atoms with Gasteiger partial charge in [-0.25, -0.2) is 14.4 Å². The predicted molar refractivity (Wildman–Crippen MR) is 54.6 cm³/mol. The maximum atomic E-state index is 13.4. The molecule has 0 spiro atoms. The second-order valence-electron chi connectivity index (χ2n) is 2.81. The molecule has 2 rings (SSSR count). The normalized spacial score (nSPS) is 10.3. The lowest BCUT2D eigenvalue weighted by atomic mass is 10.2. The summed E-state index contributed by atoms with van der Waals surface area (Å²) in [5.74, 6) is -0.385. The molecule has 0 saturated heterocycles. The number of rotatable bonds is 1. The number of nitrogen functional groups attached to an aromatic ring is 1. The molecule has 0 aliphatic heterocycles. The Kier molecular flexibility index (Phi) is 2.47. The van der Waals surface area contributed by atoms with E-state index >= 15 is 0 Å². The summed E-state index contributed by atoms with van der Waals surface area (Å²) in [6.45, 7) is 0. The number of hydrogen-bond acceptors (Lipinski definition) is 4. The fourth-order valence-electron chi connectivity index (χ4n) is 1.09. The van der Waals surface area contributed by atoms with Crippen molar-refractivity contribution in [3.05, 3.63) is 35.5 Å². The minimum absolute atomic E-state index is 0.133. The third-order valence-electron chi connectivity index (χ3n) is 1.75. The van der Waals surface area contributed by atoms with Crippen molar-refractivity contribution in [2.45, 2.75) is 0 Å². The van der Waals surface area contributed by atoms with Crippen LogP contribution < -0.4 is 5.73 Å². The lowest BCUT2D eigenvalue weighted by Crippen LogP contribution is -1.96. The second kappa shape index (κ2) is 3.78. The zero-order chi connectivity index (χ0) is 10.8. The van der Waals surface area contributed by atoms with Gasteiger partial charge < -0.3 is 5.73 Å². The van der Waals surface area contributed by atoms with E-state index in [1.165, 1.54) is 24.7 Å². The molecule has 0 amide bonds. The summed E-state index contributed by atoms with van der Waals surface area (Å²) in [5, 5.41) is 0.243. The Morgan fingerprint density at radius 3 is 2.40 bits per heavy atom. The van der Waals surface area contributed by atoms with E-state index in [4.69, 9.17) is 17.3 Å². The van der Waals surface area contributed by atoms with Crippen LogP contribution >= 0.6 is 11.6 Å². The van der Waals surface area contributed by atoms with Crippen LogP contribution in [0.2, 0.25) is 5.02 Å². The number of halogens is 2. The molecule has 0 fully saturated rings.